The van der Waals surface area contributed by atoms with E-state index in [4.69, 9.17) is 0 Å². The Hall–Kier alpha value is -2.10. The lowest BCUT2D eigenvalue weighted by Crippen LogP contribution is -2.03. The summed E-state index contributed by atoms with van der Waals surface area (Å²) in [5, 5.41) is 9.35. The lowest BCUT2D eigenvalue weighted by Gasteiger charge is -2.08. The zero-order chi connectivity index (χ0) is 14.4. The Bertz CT molecular complexity index is 699. The van der Waals surface area contributed by atoms with Crippen molar-refractivity contribution in [2.75, 3.05) is 0 Å². The maximum Gasteiger partial charge on any atom is 0.337 e. The predicted molar refractivity (Wildman–Crippen MR) is 74.5 cm³/mol. The van der Waals surface area contributed by atoms with Crippen LogP contribution in [0.2, 0.25) is 0 Å². The van der Waals surface area contributed by atoms with E-state index in [2.05, 4.69) is 0 Å². The fourth-order valence-corrected chi connectivity index (χ4v) is 2.72. The van der Waals surface area contributed by atoms with Crippen molar-refractivity contribution in [3.05, 3.63) is 46.9 Å². The number of hydrogen-bond acceptors (Lipinski definition) is 1. The lowest BCUT2D eigenvalue weighted by molar-refractivity contribution is 0.0695. The third kappa shape index (κ3) is 2.01. The van der Waals surface area contributed by atoms with E-state index in [1.807, 2.05) is 11.6 Å². The molecular formula is C16H16FNO2. The van der Waals surface area contributed by atoms with Gasteiger partial charge in [-0.05, 0) is 55.2 Å². The van der Waals surface area contributed by atoms with Crippen LogP contribution in [-0.2, 0) is 7.05 Å². The number of halogens is 1. The van der Waals surface area contributed by atoms with E-state index in [0.717, 1.165) is 29.8 Å². The van der Waals surface area contributed by atoms with Gasteiger partial charge in [-0.25, -0.2) is 9.18 Å². The normalized spacial score (nSPS) is 14.6. The minimum absolute atomic E-state index is 0.246. The SMILES string of the molecule is Cc1cc(-c2cc(C(=O)O)c(C3CC3)n2C)ccc1F. The van der Waals surface area contributed by atoms with Crippen molar-refractivity contribution >= 4 is 5.97 Å². The molecule has 1 aromatic carbocycles. The molecular weight excluding hydrogens is 257 g/mol. The van der Waals surface area contributed by atoms with E-state index in [9.17, 15) is 14.3 Å². The standard InChI is InChI=1S/C16H16FNO2/c1-9-7-11(5-6-13(9)17)14-8-12(16(19)20)15(18(14)2)10-3-4-10/h5-8,10H,3-4H2,1-2H3,(H,19,20). The molecule has 0 amide bonds. The summed E-state index contributed by atoms with van der Waals surface area (Å²) in [5.74, 6) is -0.794. The number of carboxylic acids is 1. The maximum atomic E-state index is 13.4. The summed E-state index contributed by atoms with van der Waals surface area (Å²) in [4.78, 5) is 11.4. The Balaban J connectivity index is 2.16. The highest BCUT2D eigenvalue weighted by Crippen LogP contribution is 2.43. The Labute approximate surface area is 116 Å². The first-order valence-corrected chi connectivity index (χ1v) is 6.68. The zero-order valence-corrected chi connectivity index (χ0v) is 11.5. The largest absolute Gasteiger partial charge is 0.478 e. The van der Waals surface area contributed by atoms with E-state index in [0.29, 0.717) is 17.0 Å². The van der Waals surface area contributed by atoms with Crippen LogP contribution in [0.1, 0.15) is 40.4 Å². The highest BCUT2D eigenvalue weighted by Gasteiger charge is 2.32. The number of carbonyl (C=O) groups is 1. The molecule has 0 radical (unpaired) electrons. The molecule has 0 spiro atoms. The van der Waals surface area contributed by atoms with Gasteiger partial charge in [0.05, 0.1) is 5.56 Å². The Kier molecular flexibility index (Phi) is 2.89. The van der Waals surface area contributed by atoms with Crippen LogP contribution in [0.4, 0.5) is 4.39 Å². The number of benzene rings is 1. The minimum atomic E-state index is -0.896. The average Bonchev–Trinajstić information content (AvgIpc) is 3.16. The van der Waals surface area contributed by atoms with Crippen LogP contribution in [0.5, 0.6) is 0 Å². The summed E-state index contributed by atoms with van der Waals surface area (Å²) >= 11 is 0. The second-order valence-corrected chi connectivity index (χ2v) is 5.43. The molecule has 3 rings (SSSR count). The van der Waals surface area contributed by atoms with Gasteiger partial charge < -0.3 is 9.67 Å². The van der Waals surface area contributed by atoms with Gasteiger partial charge >= 0.3 is 5.97 Å². The van der Waals surface area contributed by atoms with E-state index in [-0.39, 0.29) is 5.82 Å². The van der Waals surface area contributed by atoms with Crippen molar-refractivity contribution < 1.29 is 14.3 Å². The van der Waals surface area contributed by atoms with Gasteiger partial charge in [0.1, 0.15) is 5.82 Å². The van der Waals surface area contributed by atoms with Gasteiger partial charge in [-0.2, -0.15) is 0 Å². The van der Waals surface area contributed by atoms with Crippen molar-refractivity contribution in [2.45, 2.75) is 25.7 Å². The molecule has 1 saturated carbocycles. The fourth-order valence-electron chi connectivity index (χ4n) is 2.72. The van der Waals surface area contributed by atoms with Crippen LogP contribution in [-0.4, -0.2) is 15.6 Å². The maximum absolute atomic E-state index is 13.4. The fraction of sp³-hybridized carbons (Fsp3) is 0.312. The minimum Gasteiger partial charge on any atom is -0.478 e. The zero-order valence-electron chi connectivity index (χ0n) is 11.5. The molecule has 0 unspecified atom stereocenters. The Morgan fingerprint density at radius 2 is 2.05 bits per heavy atom. The number of aryl methyl sites for hydroxylation is 1. The van der Waals surface area contributed by atoms with Crippen molar-refractivity contribution in [2.24, 2.45) is 7.05 Å². The van der Waals surface area contributed by atoms with Crippen molar-refractivity contribution in [3.8, 4) is 11.3 Å². The van der Waals surface area contributed by atoms with Crippen molar-refractivity contribution in [1.82, 2.24) is 4.57 Å². The number of rotatable bonds is 3. The van der Waals surface area contributed by atoms with Crippen LogP contribution in [0, 0.1) is 12.7 Å². The van der Waals surface area contributed by atoms with E-state index >= 15 is 0 Å². The van der Waals surface area contributed by atoms with Crippen molar-refractivity contribution in [3.63, 3.8) is 0 Å². The van der Waals surface area contributed by atoms with Gasteiger partial charge in [0.2, 0.25) is 0 Å². The molecule has 4 heteroatoms. The molecule has 1 aromatic heterocycles. The number of nitrogens with zero attached hydrogens (tertiary/aromatic N) is 1. The molecule has 1 fully saturated rings. The molecule has 0 atom stereocenters. The molecule has 1 heterocycles. The first kappa shape index (κ1) is 12.9. The summed E-state index contributed by atoms with van der Waals surface area (Å²) in [7, 11) is 1.88. The molecule has 1 aliphatic rings. The molecule has 20 heavy (non-hydrogen) atoms. The van der Waals surface area contributed by atoms with Gasteiger partial charge in [-0.15, -0.1) is 0 Å². The van der Waals surface area contributed by atoms with Gasteiger partial charge in [0.25, 0.3) is 0 Å². The smallest absolute Gasteiger partial charge is 0.337 e. The number of aromatic carboxylic acids is 1. The second kappa shape index (κ2) is 4.47. The summed E-state index contributed by atoms with van der Waals surface area (Å²) in [6, 6.07) is 6.57. The van der Waals surface area contributed by atoms with E-state index in [1.54, 1.807) is 25.1 Å². The number of aromatic nitrogens is 1. The van der Waals surface area contributed by atoms with Crippen LogP contribution in [0.15, 0.2) is 24.3 Å². The molecule has 0 bridgehead atoms. The van der Waals surface area contributed by atoms with Crippen molar-refractivity contribution in [1.29, 1.82) is 0 Å². The molecule has 3 nitrogen and oxygen atoms in total. The van der Waals surface area contributed by atoms with Gasteiger partial charge in [0, 0.05) is 24.4 Å². The number of hydrogen-bond donors (Lipinski definition) is 1. The molecule has 1 aliphatic carbocycles. The first-order valence-electron chi connectivity index (χ1n) is 6.68. The van der Waals surface area contributed by atoms with Gasteiger partial charge in [0.15, 0.2) is 0 Å². The third-order valence-electron chi connectivity index (χ3n) is 3.93. The van der Waals surface area contributed by atoms with Gasteiger partial charge in [-0.3, -0.25) is 0 Å². The molecule has 0 aliphatic heterocycles. The summed E-state index contributed by atoms with van der Waals surface area (Å²) < 4.78 is 15.3. The lowest BCUT2D eigenvalue weighted by atomic mass is 10.1. The topological polar surface area (TPSA) is 42.2 Å². The van der Waals surface area contributed by atoms with E-state index in [1.165, 1.54) is 6.07 Å². The van der Waals surface area contributed by atoms with Crippen LogP contribution < -0.4 is 0 Å². The Morgan fingerprint density at radius 3 is 2.60 bits per heavy atom. The summed E-state index contributed by atoms with van der Waals surface area (Å²) in [6.45, 7) is 1.71. The highest BCUT2D eigenvalue weighted by atomic mass is 19.1. The monoisotopic (exact) mass is 273 g/mol. The highest BCUT2D eigenvalue weighted by molar-refractivity contribution is 5.91. The second-order valence-electron chi connectivity index (χ2n) is 5.43. The number of carboxylic acid groups (broad SMARTS) is 1. The van der Waals surface area contributed by atoms with E-state index < -0.39 is 5.97 Å². The quantitative estimate of drug-likeness (QED) is 0.926. The predicted octanol–water partition coefficient (Wildman–Crippen LogP) is 3.72. The molecule has 1 N–H and O–H groups in total. The summed E-state index contributed by atoms with van der Waals surface area (Å²) in [5.41, 5.74) is 3.49. The third-order valence-corrected chi connectivity index (χ3v) is 3.93. The summed E-state index contributed by atoms with van der Waals surface area (Å²) in [6.07, 6.45) is 2.08. The van der Waals surface area contributed by atoms with Crippen LogP contribution in [0.3, 0.4) is 0 Å². The van der Waals surface area contributed by atoms with Crippen LogP contribution in [0.25, 0.3) is 11.3 Å². The molecule has 104 valence electrons. The first-order chi connectivity index (χ1) is 9.49. The van der Waals surface area contributed by atoms with Crippen LogP contribution >= 0.6 is 0 Å². The Morgan fingerprint density at radius 1 is 1.35 bits per heavy atom. The molecule has 0 saturated heterocycles. The van der Waals surface area contributed by atoms with Gasteiger partial charge in [-0.1, -0.05) is 0 Å². The average molecular weight is 273 g/mol. The molecule has 2 aromatic rings.